The number of hydrogen-bond acceptors (Lipinski definition) is 3. The molecule has 1 aromatic heterocycles. The second-order valence-electron chi connectivity index (χ2n) is 10.6. The molecule has 0 aliphatic heterocycles. The first-order chi connectivity index (χ1) is 16.6. The van der Waals surface area contributed by atoms with Gasteiger partial charge in [-0.1, -0.05) is 38.1 Å². The average molecular weight is 479 g/mol. The average Bonchev–Trinajstić information content (AvgIpc) is 3.53. The SMILES string of the molecule is CC(C)c1nn(-c2ccccc2)c(Oc2cccc(F)c2)c1CN(CC1CC1)C(=O)NC(C)(C)C. The molecule has 2 aromatic carbocycles. The molecule has 7 heteroatoms. The fraction of sp³-hybridized carbons (Fsp3) is 0.429. The Labute approximate surface area is 207 Å². The van der Waals surface area contributed by atoms with Crippen molar-refractivity contribution in [1.82, 2.24) is 20.0 Å². The third-order valence-electron chi connectivity index (χ3n) is 5.82. The fourth-order valence-corrected chi connectivity index (χ4v) is 3.98. The van der Waals surface area contributed by atoms with Crippen molar-refractivity contribution in [3.05, 3.63) is 71.7 Å². The number of halogens is 1. The lowest BCUT2D eigenvalue weighted by molar-refractivity contribution is 0.182. The largest absolute Gasteiger partial charge is 0.438 e. The topological polar surface area (TPSA) is 59.4 Å². The third kappa shape index (κ3) is 6.41. The Hall–Kier alpha value is -3.35. The van der Waals surface area contributed by atoms with Crippen LogP contribution in [0.25, 0.3) is 5.69 Å². The van der Waals surface area contributed by atoms with Crippen molar-refractivity contribution < 1.29 is 13.9 Å². The summed E-state index contributed by atoms with van der Waals surface area (Å²) in [5.41, 5.74) is 2.16. The minimum atomic E-state index is -0.376. The van der Waals surface area contributed by atoms with E-state index in [0.29, 0.717) is 30.6 Å². The Bertz CT molecular complexity index is 1160. The van der Waals surface area contributed by atoms with E-state index in [1.165, 1.54) is 12.1 Å². The molecule has 0 bridgehead atoms. The molecular formula is C28H35FN4O2. The van der Waals surface area contributed by atoms with E-state index < -0.39 is 0 Å². The number of amides is 2. The van der Waals surface area contributed by atoms with Crippen LogP contribution in [-0.4, -0.2) is 32.8 Å². The monoisotopic (exact) mass is 478 g/mol. The Kier molecular flexibility index (Phi) is 7.15. The maximum atomic E-state index is 14.0. The number of rotatable bonds is 8. The Balaban J connectivity index is 1.79. The fourth-order valence-electron chi connectivity index (χ4n) is 3.98. The van der Waals surface area contributed by atoms with Gasteiger partial charge in [-0.2, -0.15) is 5.10 Å². The van der Waals surface area contributed by atoms with Gasteiger partial charge in [-0.25, -0.2) is 13.9 Å². The molecule has 0 saturated heterocycles. The smallest absolute Gasteiger partial charge is 0.318 e. The maximum Gasteiger partial charge on any atom is 0.318 e. The van der Waals surface area contributed by atoms with Crippen LogP contribution in [0.3, 0.4) is 0 Å². The summed E-state index contributed by atoms with van der Waals surface area (Å²) in [5.74, 6) is 1.11. The molecule has 4 rings (SSSR count). The van der Waals surface area contributed by atoms with Gasteiger partial charge in [0, 0.05) is 18.2 Å². The van der Waals surface area contributed by atoms with Crippen molar-refractivity contribution in [3.8, 4) is 17.3 Å². The van der Waals surface area contributed by atoms with E-state index in [4.69, 9.17) is 9.84 Å². The highest BCUT2D eigenvalue weighted by atomic mass is 19.1. The van der Waals surface area contributed by atoms with Crippen molar-refractivity contribution in [3.63, 3.8) is 0 Å². The summed E-state index contributed by atoms with van der Waals surface area (Å²) >= 11 is 0. The minimum absolute atomic E-state index is 0.0956. The lowest BCUT2D eigenvalue weighted by Gasteiger charge is -2.29. The van der Waals surface area contributed by atoms with Gasteiger partial charge in [-0.3, -0.25) is 0 Å². The summed E-state index contributed by atoms with van der Waals surface area (Å²) in [6.07, 6.45) is 2.26. The predicted molar refractivity (Wildman–Crippen MR) is 136 cm³/mol. The van der Waals surface area contributed by atoms with E-state index in [-0.39, 0.29) is 23.3 Å². The molecule has 6 nitrogen and oxygen atoms in total. The quantitative estimate of drug-likeness (QED) is 0.394. The minimum Gasteiger partial charge on any atom is -0.438 e. The summed E-state index contributed by atoms with van der Waals surface area (Å²) in [7, 11) is 0. The number of hydrogen-bond donors (Lipinski definition) is 1. The van der Waals surface area contributed by atoms with Crippen LogP contribution in [0.5, 0.6) is 11.6 Å². The number of ether oxygens (including phenoxy) is 1. The zero-order valence-electron chi connectivity index (χ0n) is 21.2. The lowest BCUT2D eigenvalue weighted by Crippen LogP contribution is -2.48. The highest BCUT2D eigenvalue weighted by molar-refractivity contribution is 5.75. The molecule has 1 saturated carbocycles. The van der Waals surface area contributed by atoms with Crippen LogP contribution in [-0.2, 0) is 6.54 Å². The maximum absolute atomic E-state index is 14.0. The van der Waals surface area contributed by atoms with Crippen molar-refractivity contribution in [1.29, 1.82) is 0 Å². The first-order valence-electron chi connectivity index (χ1n) is 12.3. The van der Waals surface area contributed by atoms with Crippen molar-refractivity contribution in [2.75, 3.05) is 6.54 Å². The Morgan fingerprint density at radius 3 is 2.49 bits per heavy atom. The molecule has 1 heterocycles. The molecule has 1 fully saturated rings. The highest BCUT2D eigenvalue weighted by Crippen LogP contribution is 2.36. The van der Waals surface area contributed by atoms with Gasteiger partial charge in [0.2, 0.25) is 5.88 Å². The normalized spacial score (nSPS) is 13.7. The van der Waals surface area contributed by atoms with E-state index in [0.717, 1.165) is 29.8 Å². The molecule has 0 unspecified atom stereocenters. The highest BCUT2D eigenvalue weighted by Gasteiger charge is 2.32. The molecule has 1 aliphatic rings. The lowest BCUT2D eigenvalue weighted by atomic mass is 10.1. The van der Waals surface area contributed by atoms with E-state index >= 15 is 0 Å². The molecule has 186 valence electrons. The van der Waals surface area contributed by atoms with Gasteiger partial charge in [-0.15, -0.1) is 0 Å². The number of carbonyl (C=O) groups excluding carboxylic acids is 1. The number of nitrogens with zero attached hydrogens (tertiary/aromatic N) is 3. The van der Waals surface area contributed by atoms with E-state index in [1.807, 2.05) is 56.0 Å². The zero-order chi connectivity index (χ0) is 25.2. The van der Waals surface area contributed by atoms with Crippen LogP contribution >= 0.6 is 0 Å². The number of urea groups is 1. The predicted octanol–water partition coefficient (Wildman–Crippen LogP) is 6.65. The molecule has 0 atom stereocenters. The summed E-state index contributed by atoms with van der Waals surface area (Å²) < 4.78 is 22.1. The summed E-state index contributed by atoms with van der Waals surface area (Å²) in [6.45, 7) is 11.1. The van der Waals surface area contributed by atoms with Gasteiger partial charge >= 0.3 is 6.03 Å². The Morgan fingerprint density at radius 2 is 1.89 bits per heavy atom. The van der Waals surface area contributed by atoms with Crippen LogP contribution in [0.2, 0.25) is 0 Å². The molecule has 1 N–H and O–H groups in total. The molecule has 0 radical (unpaired) electrons. The zero-order valence-corrected chi connectivity index (χ0v) is 21.2. The van der Waals surface area contributed by atoms with Gasteiger partial charge in [0.15, 0.2) is 0 Å². The van der Waals surface area contributed by atoms with Crippen molar-refractivity contribution in [2.45, 2.75) is 65.5 Å². The van der Waals surface area contributed by atoms with Crippen LogP contribution < -0.4 is 10.1 Å². The molecular weight excluding hydrogens is 443 g/mol. The Morgan fingerprint density at radius 1 is 1.17 bits per heavy atom. The van der Waals surface area contributed by atoms with Gasteiger partial charge in [0.25, 0.3) is 0 Å². The summed E-state index contributed by atoms with van der Waals surface area (Å²) in [6, 6.07) is 15.7. The van der Waals surface area contributed by atoms with Crippen molar-refractivity contribution in [2.24, 2.45) is 5.92 Å². The number of nitrogens with one attached hydrogen (secondary N) is 1. The summed E-state index contributed by atoms with van der Waals surface area (Å²) in [4.78, 5) is 15.2. The van der Waals surface area contributed by atoms with Crippen LogP contribution in [0, 0.1) is 11.7 Å². The van der Waals surface area contributed by atoms with Crippen LogP contribution in [0.1, 0.15) is 64.6 Å². The van der Waals surface area contributed by atoms with Gasteiger partial charge in [0.05, 0.1) is 23.5 Å². The number of carbonyl (C=O) groups is 1. The van der Waals surface area contributed by atoms with Gasteiger partial charge < -0.3 is 15.0 Å². The second kappa shape index (κ2) is 10.1. The third-order valence-corrected chi connectivity index (χ3v) is 5.82. The van der Waals surface area contributed by atoms with Gasteiger partial charge in [-0.05, 0) is 69.7 Å². The summed E-state index contributed by atoms with van der Waals surface area (Å²) in [5, 5.41) is 8.03. The first kappa shape index (κ1) is 24.8. The molecule has 35 heavy (non-hydrogen) atoms. The standard InChI is InChI=1S/C28H35FN4O2/c1-19(2)25-24(18-32(17-20-14-15-20)27(34)30-28(3,4)5)26(35-23-13-9-10-21(29)16-23)33(31-25)22-11-7-6-8-12-22/h6-13,16,19-20H,14-15,17-18H2,1-5H3,(H,30,34). The number of benzene rings is 2. The molecule has 1 aliphatic carbocycles. The van der Waals surface area contributed by atoms with Crippen LogP contribution in [0.4, 0.5) is 9.18 Å². The molecule has 3 aromatic rings. The number of para-hydroxylation sites is 1. The van der Waals surface area contributed by atoms with E-state index in [9.17, 15) is 9.18 Å². The van der Waals surface area contributed by atoms with E-state index in [2.05, 4.69) is 19.2 Å². The van der Waals surface area contributed by atoms with E-state index in [1.54, 1.807) is 16.8 Å². The molecule has 0 spiro atoms. The molecule has 2 amide bonds. The second-order valence-corrected chi connectivity index (χ2v) is 10.6. The van der Waals surface area contributed by atoms with Crippen molar-refractivity contribution >= 4 is 6.03 Å². The van der Waals surface area contributed by atoms with Crippen LogP contribution in [0.15, 0.2) is 54.6 Å². The first-order valence-corrected chi connectivity index (χ1v) is 12.3. The number of aromatic nitrogens is 2. The van der Waals surface area contributed by atoms with Gasteiger partial charge in [0.1, 0.15) is 11.6 Å².